The lowest BCUT2D eigenvalue weighted by atomic mass is 10.0. The molecule has 6 nitrogen and oxygen atoms in total. The number of aliphatic hydroxyl groups is 1. The van der Waals surface area contributed by atoms with Crippen molar-refractivity contribution in [1.29, 1.82) is 0 Å². The topological polar surface area (TPSA) is 90.9 Å². The lowest BCUT2D eigenvalue weighted by molar-refractivity contribution is -0.117. The average Bonchev–Trinajstić information content (AvgIpc) is 2.88. The second-order valence-corrected chi connectivity index (χ2v) is 7.82. The van der Waals surface area contributed by atoms with Crippen LogP contribution in [0.5, 0.6) is 0 Å². The van der Waals surface area contributed by atoms with Crippen molar-refractivity contribution < 1.29 is 9.90 Å². The first-order valence-corrected chi connectivity index (χ1v) is 11.9. The number of hydrogen-bond acceptors (Lipinski definition) is 4. The highest BCUT2D eigenvalue weighted by atomic mass is 16.3. The number of rotatable bonds is 10. The fourth-order valence-electron chi connectivity index (χ4n) is 3.70. The monoisotopic (exact) mass is 450 g/mol. The number of carbonyl (C=O) groups is 1. The summed E-state index contributed by atoms with van der Waals surface area (Å²) in [6.45, 7) is 8.28. The third kappa shape index (κ3) is 7.75. The Labute approximate surface area is 198 Å². The van der Waals surface area contributed by atoms with Gasteiger partial charge in [0.25, 0.3) is 0 Å². The molecule has 0 saturated heterocycles. The third-order valence-corrected chi connectivity index (χ3v) is 5.51. The van der Waals surface area contributed by atoms with Crippen LogP contribution in [-0.4, -0.2) is 41.9 Å². The molecule has 2 aromatic carbocycles. The van der Waals surface area contributed by atoms with Gasteiger partial charge in [-0.2, -0.15) is 0 Å². The Kier molecular flexibility index (Phi) is 11.2. The molecule has 0 atom stereocenters. The number of nitrogens with one attached hydrogen (secondary N) is 1. The molecular formula is C27H38N4O2. The predicted octanol–water partition coefficient (Wildman–Crippen LogP) is 4.76. The Bertz CT molecular complexity index is 935. The van der Waals surface area contributed by atoms with Crippen LogP contribution in [0.15, 0.2) is 64.8 Å². The lowest BCUT2D eigenvalue weighted by Gasteiger charge is -2.28. The number of amides is 1. The molecule has 0 fully saturated rings. The normalized spacial score (nSPS) is 13.9. The molecule has 0 aliphatic carbocycles. The van der Waals surface area contributed by atoms with E-state index in [4.69, 9.17) is 5.73 Å². The molecule has 3 rings (SSSR count). The van der Waals surface area contributed by atoms with Gasteiger partial charge in [0.05, 0.1) is 18.8 Å². The minimum Gasteiger partial charge on any atom is -0.392 e. The van der Waals surface area contributed by atoms with E-state index < -0.39 is 0 Å². The molecule has 1 heterocycles. The average molecular weight is 451 g/mol. The van der Waals surface area contributed by atoms with E-state index in [-0.39, 0.29) is 6.61 Å². The summed E-state index contributed by atoms with van der Waals surface area (Å²) in [5.41, 5.74) is 12.1. The number of aliphatic hydroxyl groups excluding tert-OH is 1. The van der Waals surface area contributed by atoms with Crippen LogP contribution in [0, 0.1) is 0 Å². The smallest absolute Gasteiger partial charge is 0.210 e. The van der Waals surface area contributed by atoms with E-state index in [0.29, 0.717) is 18.9 Å². The standard InChI is InChI=1S/C25H32N4O2.C2H6/c1-2-3-4-13-27-24-12-14-29(18-31)16-23(24)25(26)28-22-10-8-20(9-11-22)21-7-5-6-19(15-21)17-30;1-2/h5-11,15,18,27,30H,2-4,12-14,16-17H2,1H3,(H2,26,28);1-2H3. The van der Waals surface area contributed by atoms with Gasteiger partial charge in [0, 0.05) is 30.8 Å². The van der Waals surface area contributed by atoms with Gasteiger partial charge in [-0.1, -0.05) is 63.9 Å². The highest BCUT2D eigenvalue weighted by Crippen LogP contribution is 2.24. The van der Waals surface area contributed by atoms with Gasteiger partial charge in [-0.15, -0.1) is 0 Å². The van der Waals surface area contributed by atoms with Crippen molar-refractivity contribution in [3.05, 3.63) is 65.4 Å². The maximum Gasteiger partial charge on any atom is 0.210 e. The van der Waals surface area contributed by atoms with Crippen LogP contribution in [0.3, 0.4) is 0 Å². The first-order chi connectivity index (χ1) is 16.1. The fraction of sp³-hybridized carbons (Fsp3) is 0.407. The molecular weight excluding hydrogens is 412 g/mol. The summed E-state index contributed by atoms with van der Waals surface area (Å²) in [6, 6.07) is 15.7. The summed E-state index contributed by atoms with van der Waals surface area (Å²) in [6.07, 6.45) is 5.11. The minimum absolute atomic E-state index is 0.0223. The van der Waals surface area contributed by atoms with Crippen LogP contribution in [0.4, 0.5) is 5.69 Å². The molecule has 1 aliphatic heterocycles. The van der Waals surface area contributed by atoms with Crippen molar-refractivity contribution in [2.24, 2.45) is 10.7 Å². The molecule has 1 aliphatic rings. The Hall–Kier alpha value is -3.12. The molecule has 4 N–H and O–H groups in total. The van der Waals surface area contributed by atoms with E-state index in [9.17, 15) is 9.90 Å². The quantitative estimate of drug-likeness (QED) is 0.211. The first kappa shape index (κ1) is 26.1. The van der Waals surface area contributed by atoms with Crippen LogP contribution < -0.4 is 11.1 Å². The molecule has 6 heteroatoms. The van der Waals surface area contributed by atoms with E-state index in [0.717, 1.165) is 59.4 Å². The van der Waals surface area contributed by atoms with E-state index in [1.54, 1.807) is 4.90 Å². The molecule has 0 bridgehead atoms. The van der Waals surface area contributed by atoms with Crippen molar-refractivity contribution >= 4 is 17.9 Å². The van der Waals surface area contributed by atoms with Crippen molar-refractivity contribution in [2.75, 3.05) is 19.6 Å². The summed E-state index contributed by atoms with van der Waals surface area (Å²) < 4.78 is 0. The predicted molar refractivity (Wildman–Crippen MR) is 137 cm³/mol. The zero-order valence-corrected chi connectivity index (χ0v) is 20.2. The molecule has 2 aromatic rings. The molecule has 0 aromatic heterocycles. The zero-order valence-electron chi connectivity index (χ0n) is 20.2. The number of aliphatic imine (C=N–C) groups is 1. The summed E-state index contributed by atoms with van der Waals surface area (Å²) >= 11 is 0. The van der Waals surface area contributed by atoms with Crippen LogP contribution in [0.2, 0.25) is 0 Å². The van der Waals surface area contributed by atoms with Gasteiger partial charge in [0.2, 0.25) is 6.41 Å². The first-order valence-electron chi connectivity index (χ1n) is 11.9. The van der Waals surface area contributed by atoms with E-state index in [1.807, 2.05) is 62.4 Å². The number of nitrogens with zero attached hydrogens (tertiary/aromatic N) is 2. The number of nitrogens with two attached hydrogens (primary N) is 1. The Morgan fingerprint density at radius 3 is 2.58 bits per heavy atom. The van der Waals surface area contributed by atoms with Crippen molar-refractivity contribution in [2.45, 2.75) is 53.1 Å². The molecule has 33 heavy (non-hydrogen) atoms. The number of amidine groups is 1. The largest absolute Gasteiger partial charge is 0.392 e. The number of hydrogen-bond donors (Lipinski definition) is 3. The van der Waals surface area contributed by atoms with Gasteiger partial charge < -0.3 is 21.1 Å². The molecule has 0 unspecified atom stereocenters. The van der Waals surface area contributed by atoms with Crippen LogP contribution in [0.25, 0.3) is 11.1 Å². The molecule has 1 amide bonds. The number of carbonyl (C=O) groups excluding carboxylic acids is 1. The summed E-state index contributed by atoms with van der Waals surface area (Å²) in [5, 5.41) is 12.9. The molecule has 0 spiro atoms. The second kappa shape index (κ2) is 14.1. The Morgan fingerprint density at radius 2 is 1.91 bits per heavy atom. The molecule has 0 saturated carbocycles. The summed E-state index contributed by atoms with van der Waals surface area (Å²) in [4.78, 5) is 17.7. The Balaban J connectivity index is 0.00000187. The summed E-state index contributed by atoms with van der Waals surface area (Å²) in [7, 11) is 0. The minimum atomic E-state index is 0.0223. The van der Waals surface area contributed by atoms with E-state index in [2.05, 4.69) is 17.2 Å². The van der Waals surface area contributed by atoms with Crippen molar-refractivity contribution in [1.82, 2.24) is 10.2 Å². The third-order valence-electron chi connectivity index (χ3n) is 5.51. The van der Waals surface area contributed by atoms with Gasteiger partial charge >= 0.3 is 0 Å². The van der Waals surface area contributed by atoms with E-state index in [1.165, 1.54) is 12.8 Å². The van der Waals surface area contributed by atoms with Gasteiger partial charge in [-0.3, -0.25) is 4.79 Å². The second-order valence-electron chi connectivity index (χ2n) is 7.82. The van der Waals surface area contributed by atoms with E-state index >= 15 is 0 Å². The zero-order chi connectivity index (χ0) is 24.1. The van der Waals surface area contributed by atoms with Crippen molar-refractivity contribution in [3.8, 4) is 11.1 Å². The highest BCUT2D eigenvalue weighted by Gasteiger charge is 2.20. The van der Waals surface area contributed by atoms with Crippen LogP contribution in [0.1, 0.15) is 52.0 Å². The van der Waals surface area contributed by atoms with Crippen molar-refractivity contribution in [3.63, 3.8) is 0 Å². The van der Waals surface area contributed by atoms with Gasteiger partial charge in [-0.05, 0) is 41.3 Å². The van der Waals surface area contributed by atoms with Crippen LogP contribution >= 0.6 is 0 Å². The Morgan fingerprint density at radius 1 is 1.15 bits per heavy atom. The maximum absolute atomic E-state index is 11.3. The van der Waals surface area contributed by atoms with Gasteiger partial charge in [0.15, 0.2) is 0 Å². The molecule has 178 valence electrons. The number of unbranched alkanes of at least 4 members (excludes halogenated alkanes) is 2. The van der Waals surface area contributed by atoms with Gasteiger partial charge in [0.1, 0.15) is 5.84 Å². The molecule has 0 radical (unpaired) electrons. The maximum atomic E-state index is 11.3. The summed E-state index contributed by atoms with van der Waals surface area (Å²) in [5.74, 6) is 0.444. The van der Waals surface area contributed by atoms with Crippen LogP contribution in [-0.2, 0) is 11.4 Å². The van der Waals surface area contributed by atoms with Gasteiger partial charge in [-0.25, -0.2) is 4.99 Å². The lowest BCUT2D eigenvalue weighted by Crippen LogP contribution is -2.38. The highest BCUT2D eigenvalue weighted by molar-refractivity contribution is 6.00. The number of benzene rings is 2. The SMILES string of the molecule is CC.CCCCCNC1=C(C(N)=Nc2ccc(-c3cccc(CO)c3)cc2)CN(C=O)CC1. The fourth-order valence-corrected chi connectivity index (χ4v) is 3.70.